The molecule has 0 aliphatic rings. The van der Waals surface area contributed by atoms with Gasteiger partial charge in [-0.25, -0.2) is 0 Å². The maximum absolute atomic E-state index is 5.40. The summed E-state index contributed by atoms with van der Waals surface area (Å²) in [5, 5.41) is 0. The molecule has 1 aromatic carbocycles. The molecule has 13 heavy (non-hydrogen) atoms. The molecule has 0 radical (unpaired) electrons. The second-order valence-corrected chi connectivity index (χ2v) is 4.57. The highest BCUT2D eigenvalue weighted by atomic mass is 32.2. The summed E-state index contributed by atoms with van der Waals surface area (Å²) < 4.78 is 0. The molecule has 0 unspecified atom stereocenters. The van der Waals surface area contributed by atoms with Crippen molar-refractivity contribution in [3.8, 4) is 0 Å². The van der Waals surface area contributed by atoms with Gasteiger partial charge >= 0.3 is 0 Å². The monoisotopic (exact) mass is 211 g/mol. The van der Waals surface area contributed by atoms with E-state index in [9.17, 15) is 0 Å². The van der Waals surface area contributed by atoms with Gasteiger partial charge in [-0.15, -0.1) is 11.8 Å². The lowest BCUT2D eigenvalue weighted by molar-refractivity contribution is 1.29. The lowest BCUT2D eigenvalue weighted by atomic mass is 10.2. The van der Waals surface area contributed by atoms with Crippen molar-refractivity contribution in [3.05, 3.63) is 29.8 Å². The van der Waals surface area contributed by atoms with Gasteiger partial charge in [0.2, 0.25) is 0 Å². The first-order valence-electron chi connectivity index (χ1n) is 4.16. The van der Waals surface area contributed by atoms with Gasteiger partial charge in [-0.2, -0.15) is 0 Å². The Kier molecular flexibility index (Phi) is 4.25. The number of benzene rings is 1. The molecule has 1 nitrogen and oxygen atoms in total. The number of hydrogen-bond donors (Lipinski definition) is 1. The molecule has 0 amide bonds. The lowest BCUT2D eigenvalue weighted by Crippen LogP contribution is -2.07. The van der Waals surface area contributed by atoms with E-state index in [1.54, 1.807) is 11.8 Å². The molecule has 0 aromatic heterocycles. The minimum Gasteiger partial charge on any atom is -0.393 e. The summed E-state index contributed by atoms with van der Waals surface area (Å²) in [6, 6.07) is 8.48. The first kappa shape index (κ1) is 10.5. The summed E-state index contributed by atoms with van der Waals surface area (Å²) in [4.78, 5) is 1.88. The maximum atomic E-state index is 5.40. The van der Waals surface area contributed by atoms with Crippen LogP contribution in [-0.4, -0.2) is 10.7 Å². The summed E-state index contributed by atoms with van der Waals surface area (Å²) in [6.45, 7) is 2.09. The van der Waals surface area contributed by atoms with E-state index in [-0.39, 0.29) is 0 Å². The second-order valence-electron chi connectivity index (χ2n) is 2.88. The highest BCUT2D eigenvalue weighted by molar-refractivity contribution is 7.99. The van der Waals surface area contributed by atoms with Crippen LogP contribution in [0.25, 0.3) is 0 Å². The fraction of sp³-hybridized carbons (Fsp3) is 0.300. The molecule has 0 aliphatic heterocycles. The average Bonchev–Trinajstić information content (AvgIpc) is 2.08. The number of hydrogen-bond acceptors (Lipinski definition) is 2. The van der Waals surface area contributed by atoms with E-state index < -0.39 is 0 Å². The fourth-order valence-corrected chi connectivity index (χ4v) is 2.02. The molecule has 3 heteroatoms. The van der Waals surface area contributed by atoms with E-state index in [1.165, 1.54) is 10.5 Å². The van der Waals surface area contributed by atoms with Crippen LogP contribution < -0.4 is 5.73 Å². The fourth-order valence-electron chi connectivity index (χ4n) is 0.904. The molecular weight excluding hydrogens is 198 g/mol. The third-order valence-corrected chi connectivity index (χ3v) is 2.86. The van der Waals surface area contributed by atoms with Crippen molar-refractivity contribution in [1.29, 1.82) is 0 Å². The van der Waals surface area contributed by atoms with Crippen molar-refractivity contribution in [1.82, 2.24) is 0 Å². The van der Waals surface area contributed by atoms with Gasteiger partial charge in [0.05, 0.1) is 4.99 Å². The molecule has 0 bridgehead atoms. The van der Waals surface area contributed by atoms with Crippen LogP contribution >= 0.6 is 24.0 Å². The Morgan fingerprint density at radius 2 is 2.00 bits per heavy atom. The first-order valence-corrected chi connectivity index (χ1v) is 5.55. The number of rotatable bonds is 4. The van der Waals surface area contributed by atoms with Gasteiger partial charge in [-0.1, -0.05) is 29.9 Å². The highest BCUT2D eigenvalue weighted by Gasteiger charge is 1.94. The minimum absolute atomic E-state index is 0.597. The number of thiocarbonyl (C=S) groups is 1. The molecule has 1 aromatic rings. The maximum Gasteiger partial charge on any atom is 0.0735 e. The van der Waals surface area contributed by atoms with Crippen molar-refractivity contribution in [2.24, 2.45) is 5.73 Å². The Balaban J connectivity index is 2.37. The van der Waals surface area contributed by atoms with Gasteiger partial charge in [0.15, 0.2) is 0 Å². The van der Waals surface area contributed by atoms with Crippen LogP contribution in [0.15, 0.2) is 29.2 Å². The average molecular weight is 211 g/mol. The van der Waals surface area contributed by atoms with Crippen LogP contribution in [0.4, 0.5) is 0 Å². The van der Waals surface area contributed by atoms with E-state index in [0.29, 0.717) is 4.99 Å². The zero-order chi connectivity index (χ0) is 9.68. The predicted molar refractivity (Wildman–Crippen MR) is 63.3 cm³/mol. The van der Waals surface area contributed by atoms with Gasteiger partial charge in [0.1, 0.15) is 0 Å². The molecule has 0 heterocycles. The Bertz CT molecular complexity index is 279. The third-order valence-electron chi connectivity index (χ3n) is 1.64. The van der Waals surface area contributed by atoms with Crippen LogP contribution in [0.5, 0.6) is 0 Å². The van der Waals surface area contributed by atoms with E-state index in [0.717, 1.165) is 12.2 Å². The molecule has 0 saturated carbocycles. The quantitative estimate of drug-likeness (QED) is 0.612. The molecular formula is C10H13NS2. The summed E-state index contributed by atoms with van der Waals surface area (Å²) in [5.74, 6) is 0.971. The Hall–Kier alpha value is -0.540. The summed E-state index contributed by atoms with van der Waals surface area (Å²) in [7, 11) is 0. The standard InChI is InChI=1S/C10H13NS2/c1-8-2-4-9(5-3-8)13-7-6-10(11)12/h2-5H,6-7H2,1H3,(H2,11,12). The van der Waals surface area contributed by atoms with E-state index in [2.05, 4.69) is 31.2 Å². The number of nitrogens with two attached hydrogens (primary N) is 1. The van der Waals surface area contributed by atoms with Gasteiger partial charge in [0.25, 0.3) is 0 Å². The third kappa shape index (κ3) is 4.29. The van der Waals surface area contributed by atoms with Crippen LogP contribution in [0.2, 0.25) is 0 Å². The van der Waals surface area contributed by atoms with Gasteiger partial charge in [0, 0.05) is 17.1 Å². The normalized spacial score (nSPS) is 9.92. The zero-order valence-electron chi connectivity index (χ0n) is 7.62. The molecule has 1 rings (SSSR count). The van der Waals surface area contributed by atoms with Gasteiger partial charge in [-0.3, -0.25) is 0 Å². The Labute approximate surface area is 88.7 Å². The molecule has 0 atom stereocenters. The summed E-state index contributed by atoms with van der Waals surface area (Å²) in [6.07, 6.45) is 0.813. The van der Waals surface area contributed by atoms with Crippen molar-refractivity contribution in [2.75, 3.05) is 5.75 Å². The molecule has 0 saturated heterocycles. The lowest BCUT2D eigenvalue weighted by Gasteiger charge is -2.00. The van der Waals surface area contributed by atoms with Gasteiger partial charge < -0.3 is 5.73 Å². The second kappa shape index (κ2) is 5.25. The van der Waals surface area contributed by atoms with Crippen molar-refractivity contribution >= 4 is 29.0 Å². The van der Waals surface area contributed by atoms with Crippen LogP contribution in [0, 0.1) is 6.92 Å². The molecule has 70 valence electrons. The smallest absolute Gasteiger partial charge is 0.0735 e. The molecule has 0 spiro atoms. The van der Waals surface area contributed by atoms with E-state index in [4.69, 9.17) is 18.0 Å². The van der Waals surface area contributed by atoms with Crippen LogP contribution in [0.1, 0.15) is 12.0 Å². The largest absolute Gasteiger partial charge is 0.393 e. The molecule has 0 aliphatic carbocycles. The van der Waals surface area contributed by atoms with Crippen LogP contribution in [0.3, 0.4) is 0 Å². The Morgan fingerprint density at radius 3 is 2.54 bits per heavy atom. The number of aryl methyl sites for hydroxylation is 1. The highest BCUT2D eigenvalue weighted by Crippen LogP contribution is 2.18. The topological polar surface area (TPSA) is 26.0 Å². The molecule has 2 N–H and O–H groups in total. The summed E-state index contributed by atoms with van der Waals surface area (Å²) >= 11 is 6.59. The van der Waals surface area contributed by atoms with Gasteiger partial charge in [-0.05, 0) is 19.1 Å². The SMILES string of the molecule is Cc1ccc(SCCC(N)=S)cc1. The molecule has 0 fully saturated rings. The minimum atomic E-state index is 0.597. The number of thioether (sulfide) groups is 1. The zero-order valence-corrected chi connectivity index (χ0v) is 9.25. The van der Waals surface area contributed by atoms with E-state index >= 15 is 0 Å². The Morgan fingerprint density at radius 1 is 1.38 bits per heavy atom. The van der Waals surface area contributed by atoms with Crippen molar-refractivity contribution in [2.45, 2.75) is 18.2 Å². The summed E-state index contributed by atoms with van der Waals surface area (Å²) in [5.41, 5.74) is 6.69. The first-order chi connectivity index (χ1) is 6.18. The predicted octanol–water partition coefficient (Wildman–Crippen LogP) is 2.76. The van der Waals surface area contributed by atoms with Crippen molar-refractivity contribution < 1.29 is 0 Å². The van der Waals surface area contributed by atoms with Crippen LogP contribution in [-0.2, 0) is 0 Å². The van der Waals surface area contributed by atoms with Crippen molar-refractivity contribution in [3.63, 3.8) is 0 Å². The van der Waals surface area contributed by atoms with E-state index in [1.807, 2.05) is 0 Å².